The van der Waals surface area contributed by atoms with E-state index < -0.39 is 0 Å². The smallest absolute Gasteiger partial charge is 0.0637 e. The quantitative estimate of drug-likeness (QED) is 0.837. The van der Waals surface area contributed by atoms with Crippen LogP contribution in [-0.4, -0.2) is 10.2 Å². The summed E-state index contributed by atoms with van der Waals surface area (Å²) in [5.74, 6) is 0. The minimum absolute atomic E-state index is 0.728. The molecule has 0 aliphatic rings. The van der Waals surface area contributed by atoms with E-state index >= 15 is 0 Å². The molecule has 1 aromatic carbocycles. The maximum Gasteiger partial charge on any atom is 0.0637 e. The van der Waals surface area contributed by atoms with Gasteiger partial charge in [-0.05, 0) is 19.1 Å². The number of nitrogens with one attached hydrogen (secondary N) is 2. The Morgan fingerprint density at radius 1 is 1.40 bits per heavy atom. The summed E-state index contributed by atoms with van der Waals surface area (Å²) < 4.78 is 0. The maximum atomic E-state index is 6.02. The molecule has 0 bridgehead atoms. The van der Waals surface area contributed by atoms with E-state index in [-0.39, 0.29) is 0 Å². The number of aromatic nitrogens is 2. The van der Waals surface area contributed by atoms with E-state index in [1.54, 1.807) is 0 Å². The zero-order valence-electron chi connectivity index (χ0n) is 8.42. The van der Waals surface area contributed by atoms with Crippen molar-refractivity contribution in [3.05, 3.63) is 46.7 Å². The van der Waals surface area contributed by atoms with Crippen molar-refractivity contribution in [2.45, 2.75) is 13.5 Å². The molecule has 0 unspecified atom stereocenters. The molecule has 0 spiro atoms. The zero-order chi connectivity index (χ0) is 10.7. The number of anilines is 1. The predicted molar refractivity (Wildman–Crippen MR) is 62.1 cm³/mol. The Hall–Kier alpha value is -1.48. The molecule has 0 radical (unpaired) electrons. The summed E-state index contributed by atoms with van der Waals surface area (Å²) in [4.78, 5) is 0. The van der Waals surface area contributed by atoms with Gasteiger partial charge in [-0.3, -0.25) is 5.10 Å². The van der Waals surface area contributed by atoms with Gasteiger partial charge in [0.25, 0.3) is 0 Å². The number of hydrogen-bond donors (Lipinski definition) is 2. The Labute approximate surface area is 93.5 Å². The SMILES string of the molecule is Cc1[nH]ncc1CNc1ccccc1Cl. The normalized spacial score (nSPS) is 10.3. The van der Waals surface area contributed by atoms with Crippen molar-refractivity contribution in [2.24, 2.45) is 0 Å². The second-order valence-electron chi connectivity index (χ2n) is 3.35. The zero-order valence-corrected chi connectivity index (χ0v) is 9.17. The fourth-order valence-corrected chi connectivity index (χ4v) is 1.55. The van der Waals surface area contributed by atoms with E-state index in [1.807, 2.05) is 37.4 Å². The van der Waals surface area contributed by atoms with Gasteiger partial charge in [0.05, 0.1) is 16.9 Å². The van der Waals surface area contributed by atoms with Crippen molar-refractivity contribution >= 4 is 17.3 Å². The highest BCUT2D eigenvalue weighted by atomic mass is 35.5. The Kier molecular flexibility index (Phi) is 2.92. The molecule has 0 aliphatic carbocycles. The highest BCUT2D eigenvalue weighted by Gasteiger charge is 2.01. The topological polar surface area (TPSA) is 40.7 Å². The van der Waals surface area contributed by atoms with Gasteiger partial charge in [-0.15, -0.1) is 0 Å². The predicted octanol–water partition coefficient (Wildman–Crippen LogP) is 2.98. The first kappa shape index (κ1) is 10.1. The Morgan fingerprint density at radius 2 is 2.20 bits per heavy atom. The van der Waals surface area contributed by atoms with Crippen molar-refractivity contribution in [3.8, 4) is 0 Å². The van der Waals surface area contributed by atoms with Crippen molar-refractivity contribution in [2.75, 3.05) is 5.32 Å². The average molecular weight is 222 g/mol. The summed E-state index contributed by atoms with van der Waals surface area (Å²) in [6.07, 6.45) is 1.82. The number of rotatable bonds is 3. The highest BCUT2D eigenvalue weighted by Crippen LogP contribution is 2.21. The molecule has 1 aromatic heterocycles. The summed E-state index contributed by atoms with van der Waals surface area (Å²) in [5.41, 5.74) is 3.17. The second kappa shape index (κ2) is 4.36. The van der Waals surface area contributed by atoms with Gasteiger partial charge < -0.3 is 5.32 Å². The lowest BCUT2D eigenvalue weighted by Gasteiger charge is -2.06. The summed E-state index contributed by atoms with van der Waals surface area (Å²) >= 11 is 6.02. The van der Waals surface area contributed by atoms with E-state index in [0.717, 1.165) is 28.5 Å². The van der Waals surface area contributed by atoms with E-state index in [9.17, 15) is 0 Å². The molecule has 0 aliphatic heterocycles. The first-order valence-corrected chi connectivity index (χ1v) is 5.12. The van der Waals surface area contributed by atoms with Gasteiger partial charge in [0, 0.05) is 17.8 Å². The van der Waals surface area contributed by atoms with Crippen LogP contribution in [0.2, 0.25) is 5.02 Å². The molecule has 78 valence electrons. The molecule has 2 rings (SSSR count). The van der Waals surface area contributed by atoms with Gasteiger partial charge in [-0.25, -0.2) is 0 Å². The molecule has 0 saturated carbocycles. The van der Waals surface area contributed by atoms with Crippen LogP contribution in [0.5, 0.6) is 0 Å². The molecule has 0 saturated heterocycles. The van der Waals surface area contributed by atoms with Gasteiger partial charge in [-0.2, -0.15) is 5.10 Å². The second-order valence-corrected chi connectivity index (χ2v) is 3.76. The van der Waals surface area contributed by atoms with Crippen molar-refractivity contribution < 1.29 is 0 Å². The monoisotopic (exact) mass is 221 g/mol. The molecular weight excluding hydrogens is 210 g/mol. The average Bonchev–Trinajstić information content (AvgIpc) is 2.63. The van der Waals surface area contributed by atoms with Gasteiger partial charge in [-0.1, -0.05) is 23.7 Å². The lowest BCUT2D eigenvalue weighted by molar-refractivity contribution is 1.04. The third-order valence-corrected chi connectivity index (χ3v) is 2.61. The number of nitrogens with zero attached hydrogens (tertiary/aromatic N) is 1. The number of hydrogen-bond acceptors (Lipinski definition) is 2. The highest BCUT2D eigenvalue weighted by molar-refractivity contribution is 6.33. The molecule has 2 N–H and O–H groups in total. The van der Waals surface area contributed by atoms with Gasteiger partial charge in [0.2, 0.25) is 0 Å². The fourth-order valence-electron chi connectivity index (χ4n) is 1.35. The van der Waals surface area contributed by atoms with Gasteiger partial charge >= 0.3 is 0 Å². The third-order valence-electron chi connectivity index (χ3n) is 2.28. The summed E-state index contributed by atoms with van der Waals surface area (Å²) in [5, 5.41) is 10.9. The van der Waals surface area contributed by atoms with Gasteiger partial charge in [0.1, 0.15) is 0 Å². The lowest BCUT2D eigenvalue weighted by atomic mass is 10.2. The van der Waals surface area contributed by atoms with Crippen LogP contribution in [0.4, 0.5) is 5.69 Å². The number of aromatic amines is 1. The largest absolute Gasteiger partial charge is 0.380 e. The first-order valence-electron chi connectivity index (χ1n) is 4.74. The minimum atomic E-state index is 0.728. The number of halogens is 1. The van der Waals surface area contributed by atoms with E-state index in [1.165, 1.54) is 0 Å². The van der Waals surface area contributed by atoms with Crippen molar-refractivity contribution in [3.63, 3.8) is 0 Å². The van der Waals surface area contributed by atoms with Crippen LogP contribution in [0.25, 0.3) is 0 Å². The van der Waals surface area contributed by atoms with Crippen LogP contribution in [0.15, 0.2) is 30.5 Å². The Bertz CT molecular complexity index is 451. The molecule has 0 fully saturated rings. The molecule has 2 aromatic rings. The van der Waals surface area contributed by atoms with E-state index in [2.05, 4.69) is 15.5 Å². The van der Waals surface area contributed by atoms with Crippen LogP contribution >= 0.6 is 11.6 Å². The third kappa shape index (κ3) is 2.30. The van der Waals surface area contributed by atoms with E-state index in [4.69, 9.17) is 11.6 Å². The van der Waals surface area contributed by atoms with E-state index in [0.29, 0.717) is 0 Å². The van der Waals surface area contributed by atoms with Crippen LogP contribution in [0, 0.1) is 6.92 Å². The standard InChI is InChI=1S/C11H12ClN3/c1-8-9(7-14-15-8)6-13-11-5-3-2-4-10(11)12/h2-5,7,13H,6H2,1H3,(H,14,15). The molecular formula is C11H12ClN3. The van der Waals surface area contributed by atoms with Crippen LogP contribution in [0.1, 0.15) is 11.3 Å². The lowest BCUT2D eigenvalue weighted by Crippen LogP contribution is -2.00. The molecule has 1 heterocycles. The maximum absolute atomic E-state index is 6.02. The van der Waals surface area contributed by atoms with Crippen LogP contribution < -0.4 is 5.32 Å². The van der Waals surface area contributed by atoms with Crippen molar-refractivity contribution in [1.29, 1.82) is 0 Å². The molecule has 3 nitrogen and oxygen atoms in total. The summed E-state index contributed by atoms with van der Waals surface area (Å²) in [6.45, 7) is 2.72. The summed E-state index contributed by atoms with van der Waals surface area (Å²) in [6, 6.07) is 7.69. The summed E-state index contributed by atoms with van der Waals surface area (Å²) in [7, 11) is 0. The molecule has 4 heteroatoms. The molecule has 0 amide bonds. The number of para-hydroxylation sites is 1. The van der Waals surface area contributed by atoms with Gasteiger partial charge in [0.15, 0.2) is 0 Å². The molecule has 15 heavy (non-hydrogen) atoms. The Balaban J connectivity index is 2.06. The number of H-pyrrole nitrogens is 1. The molecule has 0 atom stereocenters. The number of benzene rings is 1. The fraction of sp³-hybridized carbons (Fsp3) is 0.182. The van der Waals surface area contributed by atoms with Crippen LogP contribution in [-0.2, 0) is 6.54 Å². The number of aryl methyl sites for hydroxylation is 1. The Morgan fingerprint density at radius 3 is 2.87 bits per heavy atom. The van der Waals surface area contributed by atoms with Crippen LogP contribution in [0.3, 0.4) is 0 Å². The van der Waals surface area contributed by atoms with Crippen molar-refractivity contribution in [1.82, 2.24) is 10.2 Å². The first-order chi connectivity index (χ1) is 7.27. The minimum Gasteiger partial charge on any atom is -0.380 e.